The summed E-state index contributed by atoms with van der Waals surface area (Å²) in [5, 5.41) is 4.30. The molecule has 0 aromatic carbocycles. The van der Waals surface area contributed by atoms with Crippen LogP contribution >= 0.6 is 15.9 Å². The number of aromatic nitrogens is 3. The van der Waals surface area contributed by atoms with Crippen LogP contribution in [-0.2, 0) is 0 Å². The van der Waals surface area contributed by atoms with E-state index in [9.17, 15) is 4.39 Å². The molecule has 2 heterocycles. The number of halogens is 2. The first kappa shape index (κ1) is 14.1. The van der Waals surface area contributed by atoms with E-state index in [1.807, 2.05) is 18.5 Å². The third kappa shape index (κ3) is 2.83. The number of rotatable bonds is 4. The van der Waals surface area contributed by atoms with Crippen LogP contribution in [0.5, 0.6) is 0 Å². The lowest BCUT2D eigenvalue weighted by molar-refractivity contribution is 0.471. The van der Waals surface area contributed by atoms with Gasteiger partial charge in [-0.2, -0.15) is 5.10 Å². The number of nitrogens with two attached hydrogens (primary N) is 1. The molecule has 102 valence electrons. The molecule has 19 heavy (non-hydrogen) atoms. The first-order valence-electron chi connectivity index (χ1n) is 5.85. The number of pyridine rings is 1. The predicted octanol–water partition coefficient (Wildman–Crippen LogP) is 2.31. The largest absolute Gasteiger partial charge is 0.270 e. The van der Waals surface area contributed by atoms with E-state index in [4.69, 9.17) is 5.84 Å². The monoisotopic (exact) mass is 327 g/mol. The van der Waals surface area contributed by atoms with Gasteiger partial charge in [0.15, 0.2) is 0 Å². The summed E-state index contributed by atoms with van der Waals surface area (Å²) in [4.78, 5) is 4.07. The van der Waals surface area contributed by atoms with Crippen molar-refractivity contribution in [2.45, 2.75) is 25.9 Å². The van der Waals surface area contributed by atoms with Crippen molar-refractivity contribution in [1.29, 1.82) is 0 Å². The molecule has 0 bridgehead atoms. The molecule has 2 rings (SSSR count). The van der Waals surface area contributed by atoms with Gasteiger partial charge in [0.2, 0.25) is 0 Å². The fourth-order valence-corrected chi connectivity index (χ4v) is 2.40. The van der Waals surface area contributed by atoms with E-state index in [1.165, 1.54) is 12.3 Å². The smallest absolute Gasteiger partial charge is 0.141 e. The minimum absolute atomic E-state index is 0.178. The Labute approximate surface area is 119 Å². The molecule has 3 N–H and O–H groups in total. The Morgan fingerprint density at radius 3 is 2.63 bits per heavy atom. The fraction of sp³-hybridized carbons (Fsp3) is 0.333. The van der Waals surface area contributed by atoms with Crippen molar-refractivity contribution in [3.8, 4) is 0 Å². The van der Waals surface area contributed by atoms with Crippen molar-refractivity contribution >= 4 is 15.9 Å². The second kappa shape index (κ2) is 5.77. The fourth-order valence-electron chi connectivity index (χ4n) is 1.89. The van der Waals surface area contributed by atoms with Crippen molar-refractivity contribution in [3.63, 3.8) is 0 Å². The molecule has 0 aliphatic heterocycles. The first-order valence-corrected chi connectivity index (χ1v) is 6.64. The van der Waals surface area contributed by atoms with Gasteiger partial charge in [-0.25, -0.2) is 9.82 Å². The van der Waals surface area contributed by atoms with E-state index in [0.717, 1.165) is 10.2 Å². The summed E-state index contributed by atoms with van der Waals surface area (Å²) >= 11 is 3.46. The van der Waals surface area contributed by atoms with E-state index >= 15 is 0 Å². The van der Waals surface area contributed by atoms with E-state index in [1.54, 1.807) is 12.3 Å². The molecule has 0 spiro atoms. The molecular weight excluding hydrogens is 313 g/mol. The summed E-state index contributed by atoms with van der Waals surface area (Å²) in [6.45, 7) is 4.04. The maximum atomic E-state index is 12.9. The molecule has 0 radical (unpaired) electrons. The van der Waals surface area contributed by atoms with E-state index < -0.39 is 0 Å². The molecule has 5 nitrogen and oxygen atoms in total. The van der Waals surface area contributed by atoms with Crippen molar-refractivity contribution in [2.24, 2.45) is 5.84 Å². The van der Waals surface area contributed by atoms with Gasteiger partial charge in [-0.05, 0) is 41.9 Å². The van der Waals surface area contributed by atoms with E-state index in [0.29, 0.717) is 5.69 Å². The molecule has 0 aliphatic rings. The molecule has 0 fully saturated rings. The average Bonchev–Trinajstić information content (AvgIpc) is 2.75. The standard InChI is InChI=1S/C12H15BrFN5/c1-7(2)19-12(9(13)6-17-19)11(18-15)10-4-3-8(14)5-16-10/h3-7,11,18H,15H2,1-2H3. The molecule has 2 aromatic rings. The van der Waals surface area contributed by atoms with Crippen LogP contribution in [0.2, 0.25) is 0 Å². The van der Waals surface area contributed by atoms with Gasteiger partial charge in [0.25, 0.3) is 0 Å². The SMILES string of the molecule is CC(C)n1ncc(Br)c1C(NN)c1ccc(F)cn1. The third-order valence-electron chi connectivity index (χ3n) is 2.76. The Morgan fingerprint density at radius 1 is 1.37 bits per heavy atom. The zero-order valence-electron chi connectivity index (χ0n) is 10.6. The highest BCUT2D eigenvalue weighted by Crippen LogP contribution is 2.29. The summed E-state index contributed by atoms with van der Waals surface area (Å²) in [5.41, 5.74) is 4.19. The Bertz CT molecular complexity index is 552. The summed E-state index contributed by atoms with van der Waals surface area (Å²) < 4.78 is 15.6. The molecule has 0 amide bonds. The second-order valence-corrected chi connectivity index (χ2v) is 5.27. The van der Waals surface area contributed by atoms with Gasteiger partial charge in [-0.3, -0.25) is 15.5 Å². The van der Waals surface area contributed by atoms with Crippen LogP contribution in [-0.4, -0.2) is 14.8 Å². The van der Waals surface area contributed by atoms with Gasteiger partial charge in [0.05, 0.1) is 28.3 Å². The molecule has 7 heteroatoms. The highest BCUT2D eigenvalue weighted by molar-refractivity contribution is 9.10. The zero-order chi connectivity index (χ0) is 14.0. The molecule has 1 unspecified atom stereocenters. The number of hydrogen-bond acceptors (Lipinski definition) is 4. The topological polar surface area (TPSA) is 68.8 Å². The second-order valence-electron chi connectivity index (χ2n) is 4.42. The maximum absolute atomic E-state index is 12.9. The van der Waals surface area contributed by atoms with Crippen LogP contribution in [0.4, 0.5) is 4.39 Å². The Hall–Kier alpha value is -1.31. The van der Waals surface area contributed by atoms with Crippen LogP contribution < -0.4 is 11.3 Å². The molecular formula is C12H15BrFN5. The number of hydrogen-bond donors (Lipinski definition) is 2. The van der Waals surface area contributed by atoms with Crippen LogP contribution in [0.25, 0.3) is 0 Å². The van der Waals surface area contributed by atoms with E-state index in [-0.39, 0.29) is 17.9 Å². The lowest BCUT2D eigenvalue weighted by Crippen LogP contribution is -2.32. The van der Waals surface area contributed by atoms with E-state index in [2.05, 4.69) is 31.4 Å². The van der Waals surface area contributed by atoms with Crippen molar-refractivity contribution < 1.29 is 4.39 Å². The summed E-state index contributed by atoms with van der Waals surface area (Å²) in [7, 11) is 0. The maximum Gasteiger partial charge on any atom is 0.141 e. The minimum Gasteiger partial charge on any atom is -0.270 e. The van der Waals surface area contributed by atoms with Gasteiger partial charge in [0, 0.05) is 6.04 Å². The van der Waals surface area contributed by atoms with Crippen molar-refractivity contribution in [3.05, 3.63) is 46.2 Å². The summed E-state index contributed by atoms with van der Waals surface area (Å²) in [5.74, 6) is 5.25. The summed E-state index contributed by atoms with van der Waals surface area (Å²) in [6.07, 6.45) is 2.88. The van der Waals surface area contributed by atoms with Crippen LogP contribution in [0.3, 0.4) is 0 Å². The summed E-state index contributed by atoms with van der Waals surface area (Å²) in [6, 6.07) is 2.78. The molecule has 0 saturated carbocycles. The highest BCUT2D eigenvalue weighted by atomic mass is 79.9. The Balaban J connectivity index is 2.47. The van der Waals surface area contributed by atoms with Gasteiger partial charge in [-0.1, -0.05) is 0 Å². The van der Waals surface area contributed by atoms with Gasteiger partial charge >= 0.3 is 0 Å². The van der Waals surface area contributed by atoms with Crippen LogP contribution in [0.15, 0.2) is 29.0 Å². The normalized spacial score (nSPS) is 12.9. The van der Waals surface area contributed by atoms with Gasteiger partial charge in [-0.15, -0.1) is 0 Å². The predicted molar refractivity (Wildman–Crippen MR) is 73.7 cm³/mol. The third-order valence-corrected chi connectivity index (χ3v) is 3.37. The highest BCUT2D eigenvalue weighted by Gasteiger charge is 2.23. The number of hydrazine groups is 1. The van der Waals surface area contributed by atoms with Gasteiger partial charge < -0.3 is 0 Å². The molecule has 0 saturated heterocycles. The van der Waals surface area contributed by atoms with Crippen LogP contribution in [0, 0.1) is 5.82 Å². The first-order chi connectivity index (χ1) is 9.04. The Morgan fingerprint density at radius 2 is 2.11 bits per heavy atom. The van der Waals surface area contributed by atoms with Crippen molar-refractivity contribution in [1.82, 2.24) is 20.2 Å². The Kier molecular flexibility index (Phi) is 4.28. The quantitative estimate of drug-likeness (QED) is 0.668. The molecule has 2 aromatic heterocycles. The zero-order valence-corrected chi connectivity index (χ0v) is 12.2. The van der Waals surface area contributed by atoms with Crippen molar-refractivity contribution in [2.75, 3.05) is 0 Å². The van der Waals surface area contributed by atoms with Crippen LogP contribution in [0.1, 0.15) is 37.3 Å². The minimum atomic E-state index is -0.379. The van der Waals surface area contributed by atoms with Gasteiger partial charge in [0.1, 0.15) is 11.9 Å². The number of nitrogens with one attached hydrogen (secondary N) is 1. The molecule has 1 atom stereocenters. The average molecular weight is 328 g/mol. The molecule has 0 aliphatic carbocycles. The lowest BCUT2D eigenvalue weighted by atomic mass is 10.1. The number of nitrogens with zero attached hydrogens (tertiary/aromatic N) is 3. The lowest BCUT2D eigenvalue weighted by Gasteiger charge is -2.20.